The van der Waals surface area contributed by atoms with Crippen LogP contribution in [-0.4, -0.2) is 30.0 Å². The van der Waals surface area contributed by atoms with Gasteiger partial charge in [-0.05, 0) is 24.8 Å². The number of nitrogens with zero attached hydrogens (tertiary/aromatic N) is 2. The first-order valence-electron chi connectivity index (χ1n) is 5.77. The number of anilines is 2. The standard InChI is InChI=1S/C12H19N3O2S/c1-4-9(8-18-3)14(2)10-5-6-12(15(16)17)11(13)7-10/h5-7,9H,4,8,13H2,1-3H3. The molecular weight excluding hydrogens is 250 g/mol. The van der Waals surface area contributed by atoms with Crippen LogP contribution in [0.25, 0.3) is 0 Å². The minimum absolute atomic E-state index is 0.0370. The summed E-state index contributed by atoms with van der Waals surface area (Å²) >= 11 is 1.79. The maximum atomic E-state index is 10.7. The second kappa shape index (κ2) is 6.49. The van der Waals surface area contributed by atoms with E-state index in [1.165, 1.54) is 6.07 Å². The molecular formula is C12H19N3O2S. The Morgan fingerprint density at radius 2 is 2.22 bits per heavy atom. The van der Waals surface area contributed by atoms with E-state index in [0.717, 1.165) is 17.9 Å². The third-order valence-corrected chi connectivity index (χ3v) is 3.71. The number of hydrogen-bond donors (Lipinski definition) is 1. The van der Waals surface area contributed by atoms with Crippen molar-refractivity contribution in [2.75, 3.05) is 29.7 Å². The predicted octanol–water partition coefficient (Wildman–Crippen LogP) is 2.75. The van der Waals surface area contributed by atoms with Crippen LogP contribution < -0.4 is 10.6 Å². The Hall–Kier alpha value is -1.43. The van der Waals surface area contributed by atoms with Gasteiger partial charge in [0.2, 0.25) is 0 Å². The van der Waals surface area contributed by atoms with E-state index in [9.17, 15) is 10.1 Å². The zero-order valence-corrected chi connectivity index (χ0v) is 11.7. The molecule has 1 aromatic carbocycles. The van der Waals surface area contributed by atoms with E-state index in [-0.39, 0.29) is 11.4 Å². The van der Waals surface area contributed by atoms with Crippen molar-refractivity contribution in [3.63, 3.8) is 0 Å². The molecule has 0 amide bonds. The fraction of sp³-hybridized carbons (Fsp3) is 0.500. The fourth-order valence-electron chi connectivity index (χ4n) is 1.83. The molecule has 0 bridgehead atoms. The van der Waals surface area contributed by atoms with Gasteiger partial charge in [0.25, 0.3) is 5.69 Å². The molecule has 0 radical (unpaired) electrons. The summed E-state index contributed by atoms with van der Waals surface area (Å²) in [5, 5.41) is 10.7. The summed E-state index contributed by atoms with van der Waals surface area (Å²) in [5.74, 6) is 1.02. The van der Waals surface area contributed by atoms with E-state index in [4.69, 9.17) is 5.73 Å². The van der Waals surface area contributed by atoms with Crippen molar-refractivity contribution in [2.24, 2.45) is 0 Å². The van der Waals surface area contributed by atoms with E-state index in [0.29, 0.717) is 6.04 Å². The SMILES string of the molecule is CCC(CSC)N(C)c1ccc([N+](=O)[O-])c(N)c1. The maximum absolute atomic E-state index is 10.7. The molecule has 0 aromatic heterocycles. The quantitative estimate of drug-likeness (QED) is 0.488. The first-order valence-corrected chi connectivity index (χ1v) is 7.16. The molecule has 0 aliphatic heterocycles. The van der Waals surface area contributed by atoms with Gasteiger partial charge >= 0.3 is 0 Å². The molecule has 1 atom stereocenters. The molecule has 1 unspecified atom stereocenters. The molecule has 0 aliphatic carbocycles. The topological polar surface area (TPSA) is 72.4 Å². The second-order valence-electron chi connectivity index (χ2n) is 4.13. The Morgan fingerprint density at radius 1 is 1.56 bits per heavy atom. The zero-order chi connectivity index (χ0) is 13.7. The highest BCUT2D eigenvalue weighted by Gasteiger charge is 2.16. The van der Waals surface area contributed by atoms with Crippen molar-refractivity contribution in [3.8, 4) is 0 Å². The van der Waals surface area contributed by atoms with Crippen molar-refractivity contribution >= 4 is 28.8 Å². The smallest absolute Gasteiger partial charge is 0.292 e. The van der Waals surface area contributed by atoms with Crippen LogP contribution >= 0.6 is 11.8 Å². The number of nitrogens with two attached hydrogens (primary N) is 1. The van der Waals surface area contributed by atoms with E-state index >= 15 is 0 Å². The van der Waals surface area contributed by atoms with E-state index < -0.39 is 4.92 Å². The molecule has 0 aliphatic rings. The molecule has 18 heavy (non-hydrogen) atoms. The van der Waals surface area contributed by atoms with Crippen molar-refractivity contribution in [1.82, 2.24) is 0 Å². The highest BCUT2D eigenvalue weighted by molar-refractivity contribution is 7.98. The molecule has 6 heteroatoms. The molecule has 0 fully saturated rings. The van der Waals surface area contributed by atoms with Gasteiger partial charge in [-0.15, -0.1) is 0 Å². The lowest BCUT2D eigenvalue weighted by Crippen LogP contribution is -2.33. The molecule has 100 valence electrons. The van der Waals surface area contributed by atoms with Crippen LogP contribution in [-0.2, 0) is 0 Å². The highest BCUT2D eigenvalue weighted by atomic mass is 32.2. The van der Waals surface area contributed by atoms with Gasteiger partial charge in [0.1, 0.15) is 5.69 Å². The van der Waals surface area contributed by atoms with E-state index in [2.05, 4.69) is 18.1 Å². The Labute approximate surface area is 111 Å². The average molecular weight is 269 g/mol. The van der Waals surface area contributed by atoms with Gasteiger partial charge in [-0.3, -0.25) is 10.1 Å². The lowest BCUT2D eigenvalue weighted by atomic mass is 10.1. The molecule has 0 heterocycles. The summed E-state index contributed by atoms with van der Waals surface area (Å²) in [6.07, 6.45) is 3.09. The van der Waals surface area contributed by atoms with Crippen LogP contribution in [0.3, 0.4) is 0 Å². The van der Waals surface area contributed by atoms with Gasteiger partial charge in [0, 0.05) is 30.6 Å². The predicted molar refractivity (Wildman–Crippen MR) is 78.4 cm³/mol. The lowest BCUT2D eigenvalue weighted by molar-refractivity contribution is -0.383. The Bertz CT molecular complexity index is 426. The summed E-state index contributed by atoms with van der Waals surface area (Å²) < 4.78 is 0. The molecule has 0 spiro atoms. The third kappa shape index (κ3) is 3.29. The number of nitro benzene ring substituents is 1. The van der Waals surface area contributed by atoms with Crippen LogP contribution in [0.5, 0.6) is 0 Å². The molecule has 2 N–H and O–H groups in total. The summed E-state index contributed by atoms with van der Waals surface area (Å²) in [6, 6.07) is 5.28. The number of nitro groups is 1. The van der Waals surface area contributed by atoms with Gasteiger partial charge in [-0.1, -0.05) is 6.92 Å². The number of rotatable bonds is 6. The van der Waals surface area contributed by atoms with Crippen molar-refractivity contribution in [1.29, 1.82) is 0 Å². The van der Waals surface area contributed by atoms with Gasteiger partial charge in [0.15, 0.2) is 0 Å². The van der Waals surface area contributed by atoms with E-state index in [1.807, 2.05) is 7.05 Å². The molecule has 5 nitrogen and oxygen atoms in total. The van der Waals surface area contributed by atoms with Gasteiger partial charge in [-0.2, -0.15) is 11.8 Å². The van der Waals surface area contributed by atoms with Crippen molar-refractivity contribution in [2.45, 2.75) is 19.4 Å². The van der Waals surface area contributed by atoms with Crippen LogP contribution in [0.4, 0.5) is 17.1 Å². The Morgan fingerprint density at radius 3 is 2.67 bits per heavy atom. The monoisotopic (exact) mass is 269 g/mol. The van der Waals surface area contributed by atoms with Crippen LogP contribution in [0.1, 0.15) is 13.3 Å². The largest absolute Gasteiger partial charge is 0.393 e. The van der Waals surface area contributed by atoms with E-state index in [1.54, 1.807) is 23.9 Å². The summed E-state index contributed by atoms with van der Waals surface area (Å²) in [7, 11) is 1.99. The van der Waals surface area contributed by atoms with Crippen LogP contribution in [0, 0.1) is 10.1 Å². The molecule has 1 aromatic rings. The number of thioether (sulfide) groups is 1. The number of benzene rings is 1. The summed E-state index contributed by atoms with van der Waals surface area (Å²) in [5.41, 5.74) is 6.79. The van der Waals surface area contributed by atoms with Crippen LogP contribution in [0.2, 0.25) is 0 Å². The lowest BCUT2D eigenvalue weighted by Gasteiger charge is -2.29. The first-order chi connectivity index (χ1) is 8.51. The van der Waals surface area contributed by atoms with Gasteiger partial charge in [-0.25, -0.2) is 0 Å². The second-order valence-corrected chi connectivity index (χ2v) is 5.04. The summed E-state index contributed by atoms with van der Waals surface area (Å²) in [4.78, 5) is 12.4. The normalized spacial score (nSPS) is 12.2. The minimum atomic E-state index is -0.460. The molecule has 0 saturated carbocycles. The maximum Gasteiger partial charge on any atom is 0.292 e. The summed E-state index contributed by atoms with van der Waals surface area (Å²) in [6.45, 7) is 2.13. The van der Waals surface area contributed by atoms with Gasteiger partial charge < -0.3 is 10.6 Å². The van der Waals surface area contributed by atoms with Crippen LogP contribution in [0.15, 0.2) is 18.2 Å². The number of nitrogen functional groups attached to an aromatic ring is 1. The minimum Gasteiger partial charge on any atom is -0.393 e. The average Bonchev–Trinajstić information content (AvgIpc) is 2.34. The number of hydrogen-bond acceptors (Lipinski definition) is 5. The van der Waals surface area contributed by atoms with Gasteiger partial charge in [0.05, 0.1) is 4.92 Å². The molecule has 1 rings (SSSR count). The Kier molecular flexibility index (Phi) is 5.27. The highest BCUT2D eigenvalue weighted by Crippen LogP contribution is 2.28. The van der Waals surface area contributed by atoms with Crippen molar-refractivity contribution < 1.29 is 4.92 Å². The fourth-order valence-corrected chi connectivity index (χ4v) is 2.68. The third-order valence-electron chi connectivity index (χ3n) is 2.99. The van der Waals surface area contributed by atoms with Crippen molar-refractivity contribution in [3.05, 3.63) is 28.3 Å². The zero-order valence-electron chi connectivity index (χ0n) is 10.9. The molecule has 0 saturated heterocycles. The Balaban J connectivity index is 2.96. The first kappa shape index (κ1) is 14.6.